The summed E-state index contributed by atoms with van der Waals surface area (Å²) in [5, 5.41) is 14.3. The summed E-state index contributed by atoms with van der Waals surface area (Å²) in [5.41, 5.74) is 0.841. The average Bonchev–Trinajstić information content (AvgIpc) is 3.42. The zero-order valence-corrected chi connectivity index (χ0v) is 19.0. The maximum absolute atomic E-state index is 12.8. The lowest BCUT2D eigenvalue weighted by molar-refractivity contribution is -0.137. The standard InChI is InChI=1S/C21H15F3N4OS3/c1-12-19(32-20(25-12)16-6-3-9-30-16)15-7-8-18(28-27-15)31-11-17(29)26-14-5-2-4-13(10-14)21(22,23)24/h2-10H,11H2,1H3,(H,26,29). The van der Waals surface area contributed by atoms with E-state index in [-0.39, 0.29) is 11.4 Å². The first kappa shape index (κ1) is 22.4. The van der Waals surface area contributed by atoms with Gasteiger partial charge in [0.05, 0.1) is 26.8 Å². The molecule has 0 aliphatic rings. The van der Waals surface area contributed by atoms with Gasteiger partial charge in [-0.1, -0.05) is 23.9 Å². The molecule has 0 atom stereocenters. The van der Waals surface area contributed by atoms with E-state index in [0.29, 0.717) is 10.7 Å². The largest absolute Gasteiger partial charge is 0.416 e. The maximum Gasteiger partial charge on any atom is 0.416 e. The number of aryl methyl sites for hydroxylation is 1. The molecule has 0 saturated carbocycles. The second-order valence-electron chi connectivity index (χ2n) is 6.58. The van der Waals surface area contributed by atoms with Crippen LogP contribution in [0.25, 0.3) is 20.5 Å². The van der Waals surface area contributed by atoms with Crippen LogP contribution in [0.5, 0.6) is 0 Å². The van der Waals surface area contributed by atoms with Crippen LogP contribution < -0.4 is 5.32 Å². The van der Waals surface area contributed by atoms with Crippen molar-refractivity contribution in [1.29, 1.82) is 0 Å². The molecule has 0 bridgehead atoms. The molecule has 0 saturated heterocycles. The number of nitrogens with one attached hydrogen (secondary N) is 1. The Labute approximate surface area is 193 Å². The van der Waals surface area contributed by atoms with Crippen LogP contribution in [0.4, 0.5) is 18.9 Å². The van der Waals surface area contributed by atoms with E-state index in [1.54, 1.807) is 28.7 Å². The minimum atomic E-state index is -4.46. The van der Waals surface area contributed by atoms with Crippen LogP contribution in [0.2, 0.25) is 0 Å². The highest BCUT2D eigenvalue weighted by Crippen LogP contribution is 2.36. The number of benzene rings is 1. The molecule has 0 spiro atoms. The van der Waals surface area contributed by atoms with Crippen LogP contribution in [0.1, 0.15) is 11.3 Å². The number of thiophene rings is 1. The average molecular weight is 493 g/mol. The summed E-state index contributed by atoms with van der Waals surface area (Å²) in [6.45, 7) is 1.92. The molecular formula is C21H15F3N4OS3. The van der Waals surface area contributed by atoms with Crippen molar-refractivity contribution in [2.45, 2.75) is 18.1 Å². The second-order valence-corrected chi connectivity index (χ2v) is 9.53. The van der Waals surface area contributed by atoms with Gasteiger partial charge < -0.3 is 5.32 Å². The van der Waals surface area contributed by atoms with Crippen molar-refractivity contribution in [3.05, 3.63) is 65.2 Å². The van der Waals surface area contributed by atoms with Gasteiger partial charge in [-0.05, 0) is 48.7 Å². The molecule has 1 aromatic carbocycles. The quantitative estimate of drug-likeness (QED) is 0.316. The molecule has 0 unspecified atom stereocenters. The molecule has 32 heavy (non-hydrogen) atoms. The van der Waals surface area contributed by atoms with E-state index in [0.717, 1.165) is 44.4 Å². The number of aromatic nitrogens is 3. The summed E-state index contributed by atoms with van der Waals surface area (Å²) in [6.07, 6.45) is -4.46. The van der Waals surface area contributed by atoms with E-state index in [9.17, 15) is 18.0 Å². The van der Waals surface area contributed by atoms with Crippen LogP contribution >= 0.6 is 34.4 Å². The number of rotatable bonds is 6. The van der Waals surface area contributed by atoms with E-state index < -0.39 is 17.6 Å². The molecule has 3 heterocycles. The fourth-order valence-electron chi connectivity index (χ4n) is 2.77. The third-order valence-corrected chi connectivity index (χ3v) is 7.37. The highest BCUT2D eigenvalue weighted by molar-refractivity contribution is 7.99. The number of anilines is 1. The Morgan fingerprint density at radius 2 is 1.97 bits per heavy atom. The summed E-state index contributed by atoms with van der Waals surface area (Å²) in [5.74, 6) is -0.439. The number of halogens is 3. The Bertz CT molecular complexity index is 1220. The minimum Gasteiger partial charge on any atom is -0.325 e. The number of thiazole rings is 1. The first-order valence-corrected chi connectivity index (χ1v) is 11.9. The van der Waals surface area contributed by atoms with Crippen molar-refractivity contribution in [1.82, 2.24) is 15.2 Å². The third kappa shape index (κ3) is 5.34. The van der Waals surface area contributed by atoms with Gasteiger partial charge in [0.15, 0.2) is 0 Å². The van der Waals surface area contributed by atoms with Crippen LogP contribution in [0, 0.1) is 6.92 Å². The van der Waals surface area contributed by atoms with Crippen molar-refractivity contribution in [2.24, 2.45) is 0 Å². The van der Waals surface area contributed by atoms with Gasteiger partial charge in [-0.3, -0.25) is 4.79 Å². The normalized spacial score (nSPS) is 11.5. The monoisotopic (exact) mass is 492 g/mol. The summed E-state index contributed by atoms with van der Waals surface area (Å²) < 4.78 is 38.4. The minimum absolute atomic E-state index is 0.00756. The number of carbonyl (C=O) groups excluding carboxylic acids is 1. The van der Waals surface area contributed by atoms with E-state index in [4.69, 9.17) is 0 Å². The molecular weight excluding hydrogens is 477 g/mol. The molecule has 0 fully saturated rings. The van der Waals surface area contributed by atoms with Crippen LogP contribution in [0.15, 0.2) is 58.9 Å². The number of hydrogen-bond acceptors (Lipinski definition) is 7. The molecule has 3 aromatic heterocycles. The molecule has 164 valence electrons. The Kier molecular flexibility index (Phi) is 6.58. The molecule has 4 aromatic rings. The molecule has 0 aliphatic carbocycles. The molecule has 1 amide bonds. The summed E-state index contributed by atoms with van der Waals surface area (Å²) >= 11 is 4.32. The lowest BCUT2D eigenvalue weighted by Gasteiger charge is -2.09. The summed E-state index contributed by atoms with van der Waals surface area (Å²) in [6, 6.07) is 12.1. The summed E-state index contributed by atoms with van der Waals surface area (Å²) in [4.78, 5) is 18.8. The van der Waals surface area contributed by atoms with E-state index in [2.05, 4.69) is 20.5 Å². The number of alkyl halides is 3. The smallest absolute Gasteiger partial charge is 0.325 e. The van der Waals surface area contributed by atoms with Gasteiger partial charge in [0.2, 0.25) is 5.91 Å². The van der Waals surface area contributed by atoms with Crippen LogP contribution in [-0.4, -0.2) is 26.8 Å². The molecule has 4 rings (SSSR count). The van der Waals surface area contributed by atoms with E-state index in [1.807, 2.05) is 30.5 Å². The predicted molar refractivity (Wildman–Crippen MR) is 122 cm³/mol. The van der Waals surface area contributed by atoms with Gasteiger partial charge in [0.25, 0.3) is 0 Å². The van der Waals surface area contributed by atoms with Gasteiger partial charge in [0.1, 0.15) is 15.7 Å². The molecule has 1 N–H and O–H groups in total. The topological polar surface area (TPSA) is 67.8 Å². The number of hydrogen-bond donors (Lipinski definition) is 1. The first-order valence-electron chi connectivity index (χ1n) is 9.25. The van der Waals surface area contributed by atoms with Gasteiger partial charge in [-0.15, -0.1) is 32.9 Å². The Morgan fingerprint density at radius 3 is 2.66 bits per heavy atom. The fraction of sp³-hybridized carbons (Fsp3) is 0.143. The molecule has 11 heteroatoms. The van der Waals surface area contributed by atoms with Gasteiger partial charge in [-0.2, -0.15) is 13.2 Å². The fourth-order valence-corrected chi connectivity index (χ4v) is 5.21. The number of nitrogens with zero attached hydrogens (tertiary/aromatic N) is 3. The van der Waals surface area contributed by atoms with Crippen molar-refractivity contribution in [2.75, 3.05) is 11.1 Å². The lowest BCUT2D eigenvalue weighted by atomic mass is 10.2. The van der Waals surface area contributed by atoms with Gasteiger partial charge >= 0.3 is 6.18 Å². The number of thioether (sulfide) groups is 1. The number of carbonyl (C=O) groups is 1. The maximum atomic E-state index is 12.8. The predicted octanol–water partition coefficient (Wildman–Crippen LogP) is 6.39. The molecule has 5 nitrogen and oxygen atoms in total. The number of amides is 1. The summed E-state index contributed by atoms with van der Waals surface area (Å²) in [7, 11) is 0. The lowest BCUT2D eigenvalue weighted by Crippen LogP contribution is -2.15. The van der Waals surface area contributed by atoms with E-state index >= 15 is 0 Å². The molecule has 0 aliphatic heterocycles. The zero-order valence-electron chi connectivity index (χ0n) is 16.5. The first-order chi connectivity index (χ1) is 15.3. The van der Waals surface area contributed by atoms with Gasteiger partial charge in [0, 0.05) is 5.69 Å². The molecule has 0 radical (unpaired) electrons. The Hall–Kier alpha value is -2.76. The van der Waals surface area contributed by atoms with Crippen molar-refractivity contribution < 1.29 is 18.0 Å². The third-order valence-electron chi connectivity index (χ3n) is 4.23. The van der Waals surface area contributed by atoms with E-state index in [1.165, 1.54) is 12.1 Å². The van der Waals surface area contributed by atoms with Crippen LogP contribution in [0.3, 0.4) is 0 Å². The highest BCUT2D eigenvalue weighted by atomic mass is 32.2. The Morgan fingerprint density at radius 1 is 1.12 bits per heavy atom. The van der Waals surface area contributed by atoms with Crippen molar-refractivity contribution in [3.8, 4) is 20.5 Å². The Balaban J connectivity index is 1.37. The SMILES string of the molecule is Cc1nc(-c2cccs2)sc1-c1ccc(SCC(=O)Nc2cccc(C(F)(F)F)c2)nn1. The zero-order chi connectivity index (χ0) is 22.7. The highest BCUT2D eigenvalue weighted by Gasteiger charge is 2.30. The van der Waals surface area contributed by atoms with Gasteiger partial charge in [-0.25, -0.2) is 4.98 Å². The van der Waals surface area contributed by atoms with Crippen LogP contribution in [-0.2, 0) is 11.0 Å². The van der Waals surface area contributed by atoms with Crippen molar-refractivity contribution >= 4 is 46.0 Å². The second kappa shape index (κ2) is 9.39. The van der Waals surface area contributed by atoms with Crippen molar-refractivity contribution in [3.63, 3.8) is 0 Å².